The van der Waals surface area contributed by atoms with E-state index in [0.717, 1.165) is 17.5 Å². The molecule has 7 nitrogen and oxygen atoms in total. The first-order chi connectivity index (χ1) is 14.5. The van der Waals surface area contributed by atoms with E-state index in [1.807, 2.05) is 18.2 Å². The van der Waals surface area contributed by atoms with E-state index in [-0.39, 0.29) is 29.2 Å². The number of amides is 2. The highest BCUT2D eigenvalue weighted by atomic mass is 19.1. The van der Waals surface area contributed by atoms with Gasteiger partial charge in [-0.3, -0.25) is 9.59 Å². The van der Waals surface area contributed by atoms with Gasteiger partial charge in [0.05, 0.1) is 5.92 Å². The first kappa shape index (κ1) is 19.8. The van der Waals surface area contributed by atoms with Gasteiger partial charge in [-0.25, -0.2) is 9.02 Å². The lowest BCUT2D eigenvalue weighted by molar-refractivity contribution is -0.121. The van der Waals surface area contributed by atoms with Gasteiger partial charge in [-0.15, -0.1) is 0 Å². The number of hydrogen-bond donors (Lipinski definition) is 1. The van der Waals surface area contributed by atoms with Gasteiger partial charge in [-0.1, -0.05) is 29.4 Å². The van der Waals surface area contributed by atoms with Crippen LogP contribution in [0.5, 0.6) is 0 Å². The van der Waals surface area contributed by atoms with E-state index in [9.17, 15) is 14.0 Å². The van der Waals surface area contributed by atoms with Gasteiger partial charge in [0, 0.05) is 18.8 Å². The maximum atomic E-state index is 13.2. The fourth-order valence-electron chi connectivity index (χ4n) is 3.61. The van der Waals surface area contributed by atoms with Gasteiger partial charge in [-0.05, 0) is 60.3 Å². The molecule has 1 saturated heterocycles. The number of carbonyl (C=O) groups is 2. The maximum absolute atomic E-state index is 13.2. The lowest BCUT2D eigenvalue weighted by atomic mass is 9.96. The molecule has 1 aliphatic rings. The molecule has 154 valence electrons. The minimum Gasteiger partial charge on any atom is -0.336 e. The summed E-state index contributed by atoms with van der Waals surface area (Å²) in [5, 5.41) is 10.3. The molecule has 2 heterocycles. The summed E-state index contributed by atoms with van der Waals surface area (Å²) in [6.07, 6.45) is 1.42. The number of carbonyl (C=O) groups excluding carboxylic acids is 2. The third-order valence-corrected chi connectivity index (χ3v) is 5.24. The summed E-state index contributed by atoms with van der Waals surface area (Å²) in [7, 11) is 0. The number of nitrogens with one attached hydrogen (secondary N) is 1. The van der Waals surface area contributed by atoms with E-state index in [1.54, 1.807) is 30.0 Å². The van der Waals surface area contributed by atoms with Gasteiger partial charge in [0.1, 0.15) is 11.5 Å². The number of aryl methyl sites for hydroxylation is 1. The number of benzene rings is 2. The van der Waals surface area contributed by atoms with Crippen LogP contribution < -0.4 is 5.32 Å². The van der Waals surface area contributed by atoms with Gasteiger partial charge < -0.3 is 10.2 Å². The second-order valence-corrected chi connectivity index (χ2v) is 7.37. The van der Waals surface area contributed by atoms with Gasteiger partial charge >= 0.3 is 0 Å². The Bertz CT molecular complexity index is 1060. The molecule has 0 bridgehead atoms. The highest BCUT2D eigenvalue weighted by Crippen LogP contribution is 2.25. The van der Waals surface area contributed by atoms with Crippen LogP contribution in [-0.4, -0.2) is 40.1 Å². The molecule has 1 N–H and O–H groups in total. The van der Waals surface area contributed by atoms with E-state index in [4.69, 9.17) is 0 Å². The molecule has 1 atom stereocenters. The zero-order chi connectivity index (χ0) is 21.1. The molecule has 0 aliphatic carbocycles. The summed E-state index contributed by atoms with van der Waals surface area (Å²) in [6.45, 7) is 2.54. The summed E-state index contributed by atoms with van der Waals surface area (Å²) >= 11 is 0. The Morgan fingerprint density at radius 2 is 1.93 bits per heavy atom. The molecule has 0 spiro atoms. The minimum absolute atomic E-state index is 0.140. The Balaban J connectivity index is 1.43. The predicted octanol–water partition coefficient (Wildman–Crippen LogP) is 3.68. The largest absolute Gasteiger partial charge is 0.336 e. The van der Waals surface area contributed by atoms with Crippen LogP contribution in [0.4, 0.5) is 10.1 Å². The first-order valence-electron chi connectivity index (χ1n) is 9.76. The van der Waals surface area contributed by atoms with Crippen LogP contribution in [0.3, 0.4) is 0 Å². The SMILES string of the molecule is Cc1nonc1C(=O)N1CCC[C@@H](C(=O)Nc2cccc(-c3ccc(F)cc3)c2)C1. The summed E-state index contributed by atoms with van der Waals surface area (Å²) in [6, 6.07) is 13.6. The van der Waals surface area contributed by atoms with Crippen LogP contribution >= 0.6 is 0 Å². The highest BCUT2D eigenvalue weighted by Gasteiger charge is 2.31. The maximum Gasteiger partial charge on any atom is 0.278 e. The van der Waals surface area contributed by atoms with E-state index >= 15 is 0 Å². The monoisotopic (exact) mass is 408 g/mol. The molecule has 1 fully saturated rings. The summed E-state index contributed by atoms with van der Waals surface area (Å²) in [4.78, 5) is 27.1. The lowest BCUT2D eigenvalue weighted by Crippen LogP contribution is -2.44. The second kappa shape index (κ2) is 8.44. The minimum atomic E-state index is -0.322. The summed E-state index contributed by atoms with van der Waals surface area (Å²) < 4.78 is 17.8. The highest BCUT2D eigenvalue weighted by molar-refractivity contribution is 5.96. The molecule has 0 saturated carbocycles. The number of piperidine rings is 1. The summed E-state index contributed by atoms with van der Waals surface area (Å²) in [5.41, 5.74) is 3.01. The number of likely N-dealkylation sites (tertiary alicyclic amines) is 1. The van der Waals surface area contributed by atoms with Gasteiger partial charge in [0.25, 0.3) is 5.91 Å². The smallest absolute Gasteiger partial charge is 0.278 e. The fraction of sp³-hybridized carbons (Fsp3) is 0.273. The average Bonchev–Trinajstić information content (AvgIpc) is 3.20. The van der Waals surface area contributed by atoms with Crippen molar-refractivity contribution < 1.29 is 18.6 Å². The Labute approximate surface area is 172 Å². The normalized spacial score (nSPS) is 16.3. The van der Waals surface area contributed by atoms with Crippen LogP contribution in [0.2, 0.25) is 0 Å². The van der Waals surface area contributed by atoms with Crippen molar-refractivity contribution in [1.82, 2.24) is 15.2 Å². The molecular weight excluding hydrogens is 387 g/mol. The van der Waals surface area contributed by atoms with Crippen LogP contribution in [0.1, 0.15) is 29.0 Å². The molecule has 0 radical (unpaired) electrons. The van der Waals surface area contributed by atoms with Crippen molar-refractivity contribution in [3.63, 3.8) is 0 Å². The van der Waals surface area contributed by atoms with Crippen LogP contribution in [0.15, 0.2) is 53.2 Å². The van der Waals surface area contributed by atoms with E-state index in [0.29, 0.717) is 30.9 Å². The molecule has 1 aliphatic heterocycles. The van der Waals surface area contributed by atoms with Crippen molar-refractivity contribution in [2.45, 2.75) is 19.8 Å². The third-order valence-electron chi connectivity index (χ3n) is 5.24. The molecule has 3 aromatic rings. The predicted molar refractivity (Wildman–Crippen MR) is 108 cm³/mol. The Hall–Kier alpha value is -3.55. The van der Waals surface area contributed by atoms with E-state index < -0.39 is 0 Å². The van der Waals surface area contributed by atoms with Gasteiger partial charge in [-0.2, -0.15) is 0 Å². The number of aromatic nitrogens is 2. The molecule has 4 rings (SSSR count). The van der Waals surface area contributed by atoms with Crippen LogP contribution in [0.25, 0.3) is 11.1 Å². The first-order valence-corrected chi connectivity index (χ1v) is 9.76. The molecule has 2 amide bonds. The standard InChI is InChI=1S/C22H21FN4O3/c1-14-20(26-30-25-14)22(29)27-11-3-5-17(13-27)21(28)24-19-6-2-4-16(12-19)15-7-9-18(23)10-8-15/h2,4,6-10,12,17H,3,5,11,13H2,1H3,(H,24,28)/t17-/m1/s1. The topological polar surface area (TPSA) is 88.3 Å². The molecule has 2 aromatic carbocycles. The second-order valence-electron chi connectivity index (χ2n) is 7.37. The van der Waals surface area contributed by atoms with E-state index in [1.165, 1.54) is 12.1 Å². The van der Waals surface area contributed by atoms with Crippen molar-refractivity contribution in [3.8, 4) is 11.1 Å². The number of anilines is 1. The number of nitrogens with zero attached hydrogens (tertiary/aromatic N) is 3. The van der Waals surface area contributed by atoms with Crippen molar-refractivity contribution in [3.05, 3.63) is 65.7 Å². The fourth-order valence-corrected chi connectivity index (χ4v) is 3.61. The molecule has 1 aromatic heterocycles. The number of hydrogen-bond acceptors (Lipinski definition) is 5. The molecule has 30 heavy (non-hydrogen) atoms. The molecule has 8 heteroatoms. The van der Waals surface area contributed by atoms with Crippen LogP contribution in [-0.2, 0) is 4.79 Å². The van der Waals surface area contributed by atoms with Gasteiger partial charge in [0.15, 0.2) is 5.69 Å². The van der Waals surface area contributed by atoms with Crippen molar-refractivity contribution in [2.75, 3.05) is 18.4 Å². The quantitative estimate of drug-likeness (QED) is 0.712. The lowest BCUT2D eigenvalue weighted by Gasteiger charge is -2.31. The third kappa shape index (κ3) is 4.22. The zero-order valence-electron chi connectivity index (χ0n) is 16.5. The summed E-state index contributed by atoms with van der Waals surface area (Å²) in [5.74, 6) is -1.03. The average molecular weight is 408 g/mol. The van der Waals surface area contributed by atoms with Crippen molar-refractivity contribution in [1.29, 1.82) is 0 Å². The molecule has 0 unspecified atom stereocenters. The molecular formula is C22H21FN4O3. The Kier molecular flexibility index (Phi) is 5.56. The van der Waals surface area contributed by atoms with Crippen molar-refractivity contribution >= 4 is 17.5 Å². The Morgan fingerprint density at radius 1 is 1.13 bits per heavy atom. The van der Waals surface area contributed by atoms with Gasteiger partial charge in [0.2, 0.25) is 5.91 Å². The van der Waals surface area contributed by atoms with Crippen molar-refractivity contribution in [2.24, 2.45) is 5.92 Å². The van der Waals surface area contributed by atoms with E-state index in [2.05, 4.69) is 20.3 Å². The zero-order valence-corrected chi connectivity index (χ0v) is 16.5. The van der Waals surface area contributed by atoms with Crippen LogP contribution in [0, 0.1) is 18.7 Å². The number of rotatable bonds is 4. The Morgan fingerprint density at radius 3 is 2.67 bits per heavy atom. The number of halogens is 1.